The average molecular weight is 800 g/mol. The van der Waals surface area contributed by atoms with E-state index in [0.29, 0.717) is 23.9 Å². The molecule has 1 N–H and O–H groups in total. The van der Waals surface area contributed by atoms with Crippen molar-refractivity contribution in [2.24, 2.45) is 0 Å². The summed E-state index contributed by atoms with van der Waals surface area (Å²) in [6.07, 6.45) is -2.54. The summed E-state index contributed by atoms with van der Waals surface area (Å²) in [6, 6.07) is 9.86. The molecule has 0 saturated heterocycles. The van der Waals surface area contributed by atoms with Crippen LogP contribution in [0.1, 0.15) is 77.8 Å². The quantitative estimate of drug-likeness (QED) is 0.0875. The third-order valence-electron chi connectivity index (χ3n) is 8.85. The Morgan fingerprint density at radius 3 is 2.02 bits per heavy atom. The highest BCUT2D eigenvalue weighted by atomic mass is 32.2. The number of nitrogens with zero attached hydrogens (tertiary/aromatic N) is 3. The van der Waals surface area contributed by atoms with Crippen molar-refractivity contribution >= 4 is 27.6 Å². The molecule has 5 rings (SSSR count). The first-order valence-corrected chi connectivity index (χ1v) is 17.9. The van der Waals surface area contributed by atoms with Crippen LogP contribution in [-0.4, -0.2) is 48.3 Å². The van der Waals surface area contributed by atoms with Crippen molar-refractivity contribution in [1.29, 1.82) is 0 Å². The molecule has 55 heavy (non-hydrogen) atoms. The van der Waals surface area contributed by atoms with Gasteiger partial charge in [-0.2, -0.15) is 17.5 Å². The predicted octanol–water partition coefficient (Wildman–Crippen LogP) is 8.10. The van der Waals surface area contributed by atoms with E-state index in [1.165, 1.54) is 6.07 Å². The molecule has 1 heterocycles. The summed E-state index contributed by atoms with van der Waals surface area (Å²) in [6.45, 7) is 2.71. The SMILES string of the molecule is COc1cc(C(=O)O)ccc1N(Cc1cc(C2CC2)cc(C(C)(C)C)c1)C(=O)CN(Cc1cc(C(F)(F)F)ccn1)S(=O)(=O)c1c(F)c(F)c(F)c(F)c1F. The molecule has 3 aromatic carbocycles. The van der Waals surface area contributed by atoms with Gasteiger partial charge in [-0.25, -0.2) is 35.2 Å². The molecule has 294 valence electrons. The minimum atomic E-state index is -5.96. The molecule has 1 amide bonds. The Morgan fingerprint density at radius 2 is 1.47 bits per heavy atom. The van der Waals surface area contributed by atoms with E-state index in [4.69, 9.17) is 4.74 Å². The Morgan fingerprint density at radius 1 is 0.855 bits per heavy atom. The highest BCUT2D eigenvalue weighted by Crippen LogP contribution is 2.42. The van der Waals surface area contributed by atoms with Gasteiger partial charge in [0.1, 0.15) is 5.75 Å². The zero-order valence-corrected chi connectivity index (χ0v) is 30.4. The fourth-order valence-corrected chi connectivity index (χ4v) is 7.22. The fraction of sp³-hybridized carbons (Fsp3) is 0.324. The minimum Gasteiger partial charge on any atom is -0.495 e. The van der Waals surface area contributed by atoms with E-state index in [2.05, 4.69) is 4.98 Å². The van der Waals surface area contributed by atoms with Gasteiger partial charge in [0.15, 0.2) is 28.2 Å². The molecule has 1 aliphatic rings. The molecular weight excluding hydrogens is 766 g/mol. The molecule has 1 saturated carbocycles. The number of aromatic carboxylic acids is 1. The largest absolute Gasteiger partial charge is 0.495 e. The lowest BCUT2D eigenvalue weighted by Crippen LogP contribution is -2.43. The summed E-state index contributed by atoms with van der Waals surface area (Å²) in [4.78, 5) is 28.5. The number of pyridine rings is 1. The van der Waals surface area contributed by atoms with Crippen LogP contribution in [0.4, 0.5) is 40.8 Å². The number of halogens is 8. The Hall–Kier alpha value is -5.10. The predicted molar refractivity (Wildman–Crippen MR) is 181 cm³/mol. The Kier molecular flexibility index (Phi) is 11.4. The van der Waals surface area contributed by atoms with E-state index in [1.54, 1.807) is 12.1 Å². The van der Waals surface area contributed by atoms with Gasteiger partial charge >= 0.3 is 12.1 Å². The second kappa shape index (κ2) is 15.2. The van der Waals surface area contributed by atoms with Crippen LogP contribution in [0.25, 0.3) is 0 Å². The number of hydrogen-bond donors (Lipinski definition) is 1. The fourth-order valence-electron chi connectivity index (χ4n) is 5.74. The van der Waals surface area contributed by atoms with Crippen LogP contribution >= 0.6 is 0 Å². The first-order chi connectivity index (χ1) is 25.5. The summed E-state index contributed by atoms with van der Waals surface area (Å²) < 4.78 is 147. The van der Waals surface area contributed by atoms with E-state index < -0.39 is 91.8 Å². The number of ether oxygens (including phenoxy) is 1. The topological polar surface area (TPSA) is 117 Å². The molecule has 0 radical (unpaired) electrons. The molecule has 0 bridgehead atoms. The number of benzene rings is 3. The van der Waals surface area contributed by atoms with E-state index >= 15 is 8.78 Å². The van der Waals surface area contributed by atoms with Gasteiger partial charge in [0.25, 0.3) is 0 Å². The van der Waals surface area contributed by atoms with Crippen molar-refractivity contribution in [2.45, 2.75) is 69.1 Å². The van der Waals surface area contributed by atoms with Gasteiger partial charge in [-0.3, -0.25) is 9.78 Å². The number of carboxylic acid groups (broad SMARTS) is 1. The third-order valence-corrected chi connectivity index (χ3v) is 10.7. The first-order valence-electron chi connectivity index (χ1n) is 16.4. The van der Waals surface area contributed by atoms with E-state index in [9.17, 15) is 49.5 Å². The molecule has 1 aliphatic carbocycles. The van der Waals surface area contributed by atoms with Crippen molar-refractivity contribution in [1.82, 2.24) is 9.29 Å². The summed E-state index contributed by atoms with van der Waals surface area (Å²) in [7, 11) is -4.81. The Balaban J connectivity index is 1.68. The van der Waals surface area contributed by atoms with Crippen LogP contribution in [0.2, 0.25) is 0 Å². The normalized spacial score (nSPS) is 13.6. The summed E-state index contributed by atoms with van der Waals surface area (Å²) in [5.74, 6) is -16.1. The maximum Gasteiger partial charge on any atom is 0.416 e. The number of anilines is 1. The zero-order valence-electron chi connectivity index (χ0n) is 29.6. The van der Waals surface area contributed by atoms with Crippen molar-refractivity contribution in [3.63, 3.8) is 0 Å². The zero-order chi connectivity index (χ0) is 40.8. The summed E-state index contributed by atoms with van der Waals surface area (Å²) in [5.41, 5.74) is -0.535. The number of hydrogen-bond acceptors (Lipinski definition) is 6. The number of carbonyl (C=O) groups is 2. The van der Waals surface area contributed by atoms with Gasteiger partial charge < -0.3 is 14.7 Å². The number of methoxy groups -OCH3 is 1. The second-order valence-electron chi connectivity index (χ2n) is 13.9. The van der Waals surface area contributed by atoms with Gasteiger partial charge in [0.2, 0.25) is 21.7 Å². The lowest BCUT2D eigenvalue weighted by molar-refractivity contribution is -0.137. The highest BCUT2D eigenvalue weighted by Gasteiger charge is 2.40. The van der Waals surface area contributed by atoms with Crippen LogP contribution in [0, 0.1) is 29.1 Å². The number of rotatable bonds is 12. The van der Waals surface area contributed by atoms with Gasteiger partial charge in [0, 0.05) is 6.20 Å². The smallest absolute Gasteiger partial charge is 0.416 e. The number of carbonyl (C=O) groups excluding carboxylic acids is 1. The van der Waals surface area contributed by atoms with E-state index in [-0.39, 0.29) is 33.8 Å². The van der Waals surface area contributed by atoms with Crippen molar-refractivity contribution in [3.8, 4) is 5.75 Å². The number of carboxylic acids is 1. The van der Waals surface area contributed by atoms with Crippen molar-refractivity contribution < 1.29 is 63.0 Å². The summed E-state index contributed by atoms with van der Waals surface area (Å²) in [5, 5.41) is 9.58. The first kappa shape index (κ1) is 41.1. The Bertz CT molecular complexity index is 2250. The second-order valence-corrected chi connectivity index (χ2v) is 15.7. The van der Waals surface area contributed by atoms with Gasteiger partial charge in [-0.05, 0) is 71.2 Å². The highest BCUT2D eigenvalue weighted by molar-refractivity contribution is 7.89. The summed E-state index contributed by atoms with van der Waals surface area (Å²) >= 11 is 0. The number of alkyl halides is 3. The molecule has 0 spiro atoms. The average Bonchev–Trinajstić information content (AvgIpc) is 3.97. The van der Waals surface area contributed by atoms with Crippen molar-refractivity contribution in [3.05, 3.63) is 117 Å². The maximum atomic E-state index is 15.1. The molecule has 1 fully saturated rings. The lowest BCUT2D eigenvalue weighted by atomic mass is 9.84. The molecule has 9 nitrogen and oxygen atoms in total. The Labute approximate surface area is 310 Å². The number of amides is 1. The molecule has 0 atom stereocenters. The van der Waals surface area contributed by atoms with Crippen LogP contribution < -0.4 is 9.64 Å². The van der Waals surface area contributed by atoms with Gasteiger partial charge in [-0.15, -0.1) is 0 Å². The van der Waals surface area contributed by atoms with Crippen LogP contribution in [0.5, 0.6) is 5.75 Å². The minimum absolute atomic E-state index is 0.0671. The molecule has 0 unspecified atom stereocenters. The van der Waals surface area contributed by atoms with E-state index in [0.717, 1.165) is 48.1 Å². The molecular formula is C37H33F8N3O6S. The molecule has 18 heteroatoms. The lowest BCUT2D eigenvalue weighted by Gasteiger charge is -2.29. The van der Waals surface area contributed by atoms with Crippen LogP contribution in [-0.2, 0) is 39.5 Å². The van der Waals surface area contributed by atoms with Gasteiger partial charge in [0.05, 0.1) is 49.3 Å². The number of aromatic nitrogens is 1. The number of sulfonamides is 1. The maximum absolute atomic E-state index is 15.1. The van der Waals surface area contributed by atoms with Gasteiger partial charge in [-0.1, -0.05) is 39.0 Å². The van der Waals surface area contributed by atoms with E-state index in [1.807, 2.05) is 26.8 Å². The van der Waals surface area contributed by atoms with Crippen molar-refractivity contribution in [2.75, 3.05) is 18.6 Å². The van der Waals surface area contributed by atoms with Crippen LogP contribution in [0.15, 0.2) is 59.6 Å². The third kappa shape index (κ3) is 8.75. The van der Waals surface area contributed by atoms with Crippen LogP contribution in [0.3, 0.4) is 0 Å². The molecule has 1 aromatic heterocycles. The molecule has 0 aliphatic heterocycles. The monoisotopic (exact) mass is 799 g/mol. The standard InChI is InChI=1S/C37H33F8N3O6S/c1-36(2,3)24-12-19(11-22(13-24)20-5-6-20)16-48(26-8-7-21(35(50)51)14-27(26)54-4)28(49)18-47(17-25-15-23(9-10-46-25)37(43,44)45)55(52,53)34-32(41)30(39)29(38)31(40)33(34)42/h7-15,20H,5-6,16-18H2,1-4H3,(H,50,51). The molecule has 4 aromatic rings.